The van der Waals surface area contributed by atoms with Gasteiger partial charge >= 0.3 is 0 Å². The van der Waals surface area contributed by atoms with Crippen molar-refractivity contribution in [2.75, 3.05) is 7.11 Å². The molecule has 19 heavy (non-hydrogen) atoms. The van der Waals surface area contributed by atoms with Crippen LogP contribution in [0.15, 0.2) is 36.4 Å². The van der Waals surface area contributed by atoms with Crippen LogP contribution >= 0.6 is 27.5 Å². The van der Waals surface area contributed by atoms with Gasteiger partial charge < -0.3 is 4.74 Å². The second kappa shape index (κ2) is 5.93. The molecule has 2 aromatic carbocycles. The van der Waals surface area contributed by atoms with Gasteiger partial charge in [0.15, 0.2) is 0 Å². The van der Waals surface area contributed by atoms with Gasteiger partial charge in [0, 0.05) is 0 Å². The molecule has 0 N–H and O–H groups in total. The molecule has 0 aliphatic rings. The van der Waals surface area contributed by atoms with Gasteiger partial charge in [-0.1, -0.05) is 51.8 Å². The van der Waals surface area contributed by atoms with Crippen molar-refractivity contribution in [1.29, 1.82) is 0 Å². The summed E-state index contributed by atoms with van der Waals surface area (Å²) in [6, 6.07) is 10.6. The highest BCUT2D eigenvalue weighted by Gasteiger charge is 2.16. The highest BCUT2D eigenvalue weighted by molar-refractivity contribution is 9.09. The number of ether oxygens (including phenoxy) is 1. The molecule has 0 radical (unpaired) electrons. The van der Waals surface area contributed by atoms with Gasteiger partial charge in [-0.2, -0.15) is 0 Å². The first-order valence-electron chi connectivity index (χ1n) is 5.77. The molecule has 4 heteroatoms. The van der Waals surface area contributed by atoms with E-state index >= 15 is 0 Å². The molecule has 1 unspecified atom stereocenters. The molecule has 0 saturated carbocycles. The van der Waals surface area contributed by atoms with Crippen LogP contribution in [0.1, 0.15) is 21.5 Å². The molecule has 2 rings (SSSR count). The Labute approximate surface area is 125 Å². The summed E-state index contributed by atoms with van der Waals surface area (Å²) in [7, 11) is 1.64. The van der Waals surface area contributed by atoms with Crippen molar-refractivity contribution in [3.63, 3.8) is 0 Å². The molecule has 0 spiro atoms. The maximum Gasteiger partial charge on any atom is 0.142 e. The minimum absolute atomic E-state index is 0.151. The first-order valence-corrected chi connectivity index (χ1v) is 7.06. The van der Waals surface area contributed by atoms with Crippen LogP contribution in [0.2, 0.25) is 5.02 Å². The molecule has 1 nitrogen and oxygen atoms in total. The van der Waals surface area contributed by atoms with Gasteiger partial charge in [-0.15, -0.1) is 0 Å². The molecule has 0 fully saturated rings. The van der Waals surface area contributed by atoms with E-state index < -0.39 is 5.82 Å². The summed E-state index contributed by atoms with van der Waals surface area (Å²) in [6.45, 7) is 1.97. The van der Waals surface area contributed by atoms with Crippen LogP contribution in [0, 0.1) is 12.7 Å². The Morgan fingerprint density at radius 1 is 1.26 bits per heavy atom. The normalized spacial score (nSPS) is 12.3. The molecule has 0 amide bonds. The summed E-state index contributed by atoms with van der Waals surface area (Å²) >= 11 is 9.57. The first kappa shape index (κ1) is 14.4. The number of alkyl halides is 1. The zero-order valence-corrected chi connectivity index (χ0v) is 12.9. The lowest BCUT2D eigenvalue weighted by Crippen LogP contribution is -1.97. The molecule has 0 bridgehead atoms. The summed E-state index contributed by atoms with van der Waals surface area (Å²) < 4.78 is 18.7. The lowest BCUT2D eigenvalue weighted by molar-refractivity contribution is 0.411. The van der Waals surface area contributed by atoms with Crippen LogP contribution in [0.4, 0.5) is 4.39 Å². The molecule has 0 heterocycles. The number of methoxy groups -OCH3 is 1. The van der Waals surface area contributed by atoms with Crippen LogP contribution in [-0.2, 0) is 0 Å². The van der Waals surface area contributed by atoms with Crippen molar-refractivity contribution in [3.05, 3.63) is 63.9 Å². The Bertz CT molecular complexity index is 601. The topological polar surface area (TPSA) is 9.23 Å². The fourth-order valence-corrected chi connectivity index (χ4v) is 2.99. The monoisotopic (exact) mass is 342 g/mol. The average molecular weight is 344 g/mol. The molecule has 0 aliphatic carbocycles. The van der Waals surface area contributed by atoms with Crippen LogP contribution in [0.5, 0.6) is 5.75 Å². The lowest BCUT2D eigenvalue weighted by Gasteiger charge is -2.14. The summed E-state index contributed by atoms with van der Waals surface area (Å²) in [4.78, 5) is -0.152. The summed E-state index contributed by atoms with van der Waals surface area (Å²) in [5.41, 5.74) is 2.74. The SMILES string of the molecule is COc1ccc(C(Br)c2cccc(F)c2Cl)cc1C. The van der Waals surface area contributed by atoms with Gasteiger partial charge in [0.05, 0.1) is 17.0 Å². The third-order valence-corrected chi connectivity index (χ3v) is 4.39. The van der Waals surface area contributed by atoms with Crippen molar-refractivity contribution in [2.24, 2.45) is 0 Å². The Hall–Kier alpha value is -1.06. The van der Waals surface area contributed by atoms with E-state index in [1.54, 1.807) is 13.2 Å². The fourth-order valence-electron chi connectivity index (χ4n) is 1.96. The van der Waals surface area contributed by atoms with Crippen LogP contribution in [0.3, 0.4) is 0 Å². The number of aryl methyl sites for hydroxylation is 1. The highest BCUT2D eigenvalue weighted by Crippen LogP contribution is 2.37. The van der Waals surface area contributed by atoms with Crippen LogP contribution < -0.4 is 4.74 Å². The van der Waals surface area contributed by atoms with Crippen LogP contribution in [0.25, 0.3) is 0 Å². The Morgan fingerprint density at radius 2 is 2.00 bits per heavy atom. The minimum Gasteiger partial charge on any atom is -0.496 e. The van der Waals surface area contributed by atoms with Crippen molar-refractivity contribution in [3.8, 4) is 5.75 Å². The van der Waals surface area contributed by atoms with Gasteiger partial charge in [-0.25, -0.2) is 4.39 Å². The van der Waals surface area contributed by atoms with Gasteiger partial charge in [-0.3, -0.25) is 0 Å². The first-order chi connectivity index (χ1) is 9.04. The van der Waals surface area contributed by atoms with Crippen molar-refractivity contribution in [1.82, 2.24) is 0 Å². The van der Waals surface area contributed by atoms with Crippen molar-refractivity contribution < 1.29 is 9.13 Å². The van der Waals surface area contributed by atoms with Gasteiger partial charge in [0.2, 0.25) is 0 Å². The van der Waals surface area contributed by atoms with E-state index in [4.69, 9.17) is 16.3 Å². The number of rotatable bonds is 3. The third-order valence-electron chi connectivity index (χ3n) is 2.97. The molecule has 100 valence electrons. The van der Waals surface area contributed by atoms with E-state index in [2.05, 4.69) is 15.9 Å². The molecule has 0 saturated heterocycles. The lowest BCUT2D eigenvalue weighted by atomic mass is 10.0. The summed E-state index contributed by atoms with van der Waals surface area (Å²) in [5, 5.41) is 0.151. The predicted octanol–water partition coefficient (Wildman–Crippen LogP) is 5.28. The van der Waals surface area contributed by atoms with Crippen molar-refractivity contribution in [2.45, 2.75) is 11.8 Å². The number of benzene rings is 2. The molecular weight excluding hydrogens is 331 g/mol. The Morgan fingerprint density at radius 3 is 2.63 bits per heavy atom. The smallest absolute Gasteiger partial charge is 0.142 e. The number of hydrogen-bond donors (Lipinski definition) is 0. The number of halogens is 3. The Kier molecular flexibility index (Phi) is 4.48. The van der Waals surface area contributed by atoms with Crippen molar-refractivity contribution >= 4 is 27.5 Å². The van der Waals surface area contributed by atoms with E-state index in [1.807, 2.05) is 31.2 Å². The summed E-state index contributed by atoms with van der Waals surface area (Å²) in [5.74, 6) is 0.419. The van der Waals surface area contributed by atoms with Gasteiger partial charge in [0.25, 0.3) is 0 Å². The fraction of sp³-hybridized carbons (Fsp3) is 0.200. The standard InChI is InChI=1S/C15H13BrClFO/c1-9-8-10(6-7-13(9)19-2)14(16)11-4-3-5-12(18)15(11)17/h3-8,14H,1-2H3. The van der Waals surface area contributed by atoms with Gasteiger partial charge in [-0.05, 0) is 35.7 Å². The quantitative estimate of drug-likeness (QED) is 0.689. The molecule has 2 aromatic rings. The van der Waals surface area contributed by atoms with Crippen LogP contribution in [-0.4, -0.2) is 7.11 Å². The second-order valence-electron chi connectivity index (χ2n) is 4.23. The minimum atomic E-state index is -0.408. The highest BCUT2D eigenvalue weighted by atomic mass is 79.9. The van der Waals surface area contributed by atoms with E-state index in [1.165, 1.54) is 6.07 Å². The predicted molar refractivity (Wildman–Crippen MR) is 79.9 cm³/mol. The third kappa shape index (κ3) is 2.93. The molecule has 0 aromatic heterocycles. The second-order valence-corrected chi connectivity index (χ2v) is 5.53. The number of hydrogen-bond acceptors (Lipinski definition) is 1. The zero-order chi connectivity index (χ0) is 14.0. The van der Waals surface area contributed by atoms with Gasteiger partial charge in [0.1, 0.15) is 11.6 Å². The summed E-state index contributed by atoms with van der Waals surface area (Å²) in [6.07, 6.45) is 0. The van der Waals surface area contributed by atoms with E-state index in [0.717, 1.165) is 16.9 Å². The van der Waals surface area contributed by atoms with E-state index in [9.17, 15) is 4.39 Å². The molecule has 0 aliphatic heterocycles. The van der Waals surface area contributed by atoms with E-state index in [-0.39, 0.29) is 9.85 Å². The van der Waals surface area contributed by atoms with E-state index in [0.29, 0.717) is 5.56 Å². The zero-order valence-electron chi connectivity index (χ0n) is 10.6. The molecular formula is C15H13BrClFO. The average Bonchev–Trinajstić information content (AvgIpc) is 2.41. The largest absolute Gasteiger partial charge is 0.496 e. The maximum absolute atomic E-state index is 13.5. The maximum atomic E-state index is 13.5. The Balaban J connectivity index is 2.41. The molecule has 1 atom stereocenters.